The lowest BCUT2D eigenvalue weighted by Gasteiger charge is -2.15. The Morgan fingerprint density at radius 3 is 2.44 bits per heavy atom. The fourth-order valence-electron chi connectivity index (χ4n) is 2.93. The monoisotopic (exact) mass is 347 g/mol. The van der Waals surface area contributed by atoms with E-state index in [0.29, 0.717) is 23.2 Å². The molecule has 0 spiro atoms. The fraction of sp³-hybridized carbons (Fsp3) is 0.556. The Kier molecular flexibility index (Phi) is 5.63. The topological polar surface area (TPSA) is 88.7 Å². The molecule has 0 radical (unpaired) electrons. The van der Waals surface area contributed by atoms with E-state index in [0.717, 1.165) is 38.5 Å². The van der Waals surface area contributed by atoms with Gasteiger partial charge < -0.3 is 25.4 Å². The quantitative estimate of drug-likeness (QED) is 0.707. The molecule has 7 heteroatoms. The molecular formula is C18H25N3O4. The Bertz CT molecular complexity index is 625. The molecule has 3 N–H and O–H groups in total. The van der Waals surface area contributed by atoms with Crippen molar-refractivity contribution in [3.8, 4) is 11.5 Å². The molecule has 0 aromatic heterocycles. The summed E-state index contributed by atoms with van der Waals surface area (Å²) >= 11 is 0. The van der Waals surface area contributed by atoms with Gasteiger partial charge in [-0.25, -0.2) is 4.79 Å². The van der Waals surface area contributed by atoms with E-state index in [1.807, 2.05) is 0 Å². The molecule has 0 aliphatic heterocycles. The Morgan fingerprint density at radius 2 is 1.76 bits per heavy atom. The van der Waals surface area contributed by atoms with Crippen molar-refractivity contribution in [3.63, 3.8) is 0 Å². The minimum Gasteiger partial charge on any atom is -0.493 e. The van der Waals surface area contributed by atoms with Crippen molar-refractivity contribution < 1.29 is 19.1 Å². The lowest BCUT2D eigenvalue weighted by atomic mass is 10.2. The molecule has 0 unspecified atom stereocenters. The van der Waals surface area contributed by atoms with Crippen LogP contribution in [0.1, 0.15) is 38.5 Å². The zero-order valence-electron chi connectivity index (χ0n) is 14.5. The average molecular weight is 347 g/mol. The van der Waals surface area contributed by atoms with Crippen molar-refractivity contribution in [1.29, 1.82) is 0 Å². The molecule has 3 rings (SSSR count). The van der Waals surface area contributed by atoms with Gasteiger partial charge in [-0.3, -0.25) is 4.79 Å². The molecule has 0 bridgehead atoms. The summed E-state index contributed by atoms with van der Waals surface area (Å²) in [5.74, 6) is 0.787. The van der Waals surface area contributed by atoms with Crippen molar-refractivity contribution in [2.24, 2.45) is 0 Å². The van der Waals surface area contributed by atoms with Crippen molar-refractivity contribution >= 4 is 17.6 Å². The number of benzene rings is 1. The summed E-state index contributed by atoms with van der Waals surface area (Å²) in [6.45, 7) is -0.0788. The first-order valence-electron chi connectivity index (χ1n) is 8.82. The number of amides is 3. The molecule has 1 aromatic carbocycles. The second-order valence-electron chi connectivity index (χ2n) is 6.58. The Labute approximate surface area is 147 Å². The van der Waals surface area contributed by atoms with E-state index in [4.69, 9.17) is 9.47 Å². The number of hydrogen-bond acceptors (Lipinski definition) is 4. The van der Waals surface area contributed by atoms with Gasteiger partial charge in [-0.1, -0.05) is 12.8 Å². The van der Waals surface area contributed by atoms with Crippen LogP contribution in [0.3, 0.4) is 0 Å². The zero-order chi connectivity index (χ0) is 17.6. The van der Waals surface area contributed by atoms with Gasteiger partial charge in [0.2, 0.25) is 0 Å². The molecule has 0 heterocycles. The van der Waals surface area contributed by atoms with Gasteiger partial charge in [0.25, 0.3) is 5.91 Å². The first kappa shape index (κ1) is 17.4. The van der Waals surface area contributed by atoms with Gasteiger partial charge in [-0.05, 0) is 37.8 Å². The van der Waals surface area contributed by atoms with Crippen LogP contribution in [0.5, 0.6) is 11.5 Å². The SMILES string of the molecule is COc1ccc(NC(=O)NC2CCCC2)cc1OCC(=O)NC1CC1. The van der Waals surface area contributed by atoms with E-state index in [1.165, 1.54) is 7.11 Å². The smallest absolute Gasteiger partial charge is 0.319 e. The summed E-state index contributed by atoms with van der Waals surface area (Å²) < 4.78 is 10.8. The molecule has 25 heavy (non-hydrogen) atoms. The number of hydrogen-bond donors (Lipinski definition) is 3. The highest BCUT2D eigenvalue weighted by Crippen LogP contribution is 2.30. The number of nitrogens with one attached hydrogen (secondary N) is 3. The van der Waals surface area contributed by atoms with E-state index in [9.17, 15) is 9.59 Å². The third kappa shape index (κ3) is 5.27. The third-order valence-electron chi connectivity index (χ3n) is 4.41. The minimum atomic E-state index is -0.227. The molecule has 2 fully saturated rings. The summed E-state index contributed by atoms with van der Waals surface area (Å²) in [5, 5.41) is 8.64. The van der Waals surface area contributed by atoms with Crippen LogP contribution >= 0.6 is 0 Å². The molecule has 0 atom stereocenters. The van der Waals surface area contributed by atoms with E-state index in [1.54, 1.807) is 18.2 Å². The maximum atomic E-state index is 12.1. The summed E-state index contributed by atoms with van der Waals surface area (Å²) in [4.78, 5) is 23.8. The predicted molar refractivity (Wildman–Crippen MR) is 94.1 cm³/mol. The van der Waals surface area contributed by atoms with Crippen LogP contribution in [0.4, 0.5) is 10.5 Å². The number of anilines is 1. The number of urea groups is 1. The highest BCUT2D eigenvalue weighted by molar-refractivity contribution is 5.90. The van der Waals surface area contributed by atoms with Crippen LogP contribution in [-0.4, -0.2) is 37.7 Å². The van der Waals surface area contributed by atoms with Gasteiger partial charge in [0.1, 0.15) is 0 Å². The van der Waals surface area contributed by atoms with Crippen LogP contribution in [0.25, 0.3) is 0 Å². The van der Waals surface area contributed by atoms with E-state index in [-0.39, 0.29) is 24.6 Å². The number of rotatable bonds is 7. The number of carbonyl (C=O) groups excluding carboxylic acids is 2. The summed E-state index contributed by atoms with van der Waals surface area (Å²) in [5.41, 5.74) is 0.592. The summed E-state index contributed by atoms with van der Waals surface area (Å²) in [7, 11) is 1.53. The second-order valence-corrected chi connectivity index (χ2v) is 6.58. The second kappa shape index (κ2) is 8.09. The fourth-order valence-corrected chi connectivity index (χ4v) is 2.93. The van der Waals surface area contributed by atoms with Gasteiger partial charge in [0.15, 0.2) is 18.1 Å². The van der Waals surface area contributed by atoms with Gasteiger partial charge >= 0.3 is 6.03 Å². The maximum absolute atomic E-state index is 12.1. The number of ether oxygens (including phenoxy) is 2. The van der Waals surface area contributed by atoms with E-state index < -0.39 is 0 Å². The molecular weight excluding hydrogens is 322 g/mol. The molecule has 2 aliphatic carbocycles. The zero-order valence-corrected chi connectivity index (χ0v) is 14.5. The molecule has 2 saturated carbocycles. The van der Waals surface area contributed by atoms with Gasteiger partial charge in [-0.15, -0.1) is 0 Å². The van der Waals surface area contributed by atoms with Crippen molar-refractivity contribution in [2.45, 2.75) is 50.6 Å². The van der Waals surface area contributed by atoms with Crippen LogP contribution in [0, 0.1) is 0 Å². The molecule has 136 valence electrons. The molecule has 1 aromatic rings. The maximum Gasteiger partial charge on any atom is 0.319 e. The van der Waals surface area contributed by atoms with Crippen molar-refractivity contribution in [1.82, 2.24) is 10.6 Å². The standard InChI is InChI=1S/C18H25N3O4/c1-24-15-9-8-14(21-18(23)20-12-4-2-3-5-12)10-16(15)25-11-17(22)19-13-6-7-13/h8-10,12-13H,2-7,11H2,1H3,(H,19,22)(H2,20,21,23). The summed E-state index contributed by atoms with van der Waals surface area (Å²) in [6.07, 6.45) is 6.44. The van der Waals surface area contributed by atoms with Crippen LogP contribution in [0.2, 0.25) is 0 Å². The predicted octanol–water partition coefficient (Wildman–Crippen LogP) is 2.42. The largest absolute Gasteiger partial charge is 0.493 e. The highest BCUT2D eigenvalue weighted by atomic mass is 16.5. The Morgan fingerprint density at radius 1 is 1.04 bits per heavy atom. The van der Waals surface area contributed by atoms with Crippen LogP contribution < -0.4 is 25.4 Å². The van der Waals surface area contributed by atoms with Gasteiger partial charge in [-0.2, -0.15) is 0 Å². The third-order valence-corrected chi connectivity index (χ3v) is 4.41. The van der Waals surface area contributed by atoms with Gasteiger partial charge in [0.05, 0.1) is 7.11 Å². The minimum absolute atomic E-state index is 0.0788. The lowest BCUT2D eigenvalue weighted by Crippen LogP contribution is -2.36. The molecule has 3 amide bonds. The Hall–Kier alpha value is -2.44. The number of carbonyl (C=O) groups is 2. The van der Waals surface area contributed by atoms with Crippen LogP contribution in [-0.2, 0) is 4.79 Å². The molecule has 2 aliphatic rings. The van der Waals surface area contributed by atoms with Crippen molar-refractivity contribution in [3.05, 3.63) is 18.2 Å². The van der Waals surface area contributed by atoms with Gasteiger partial charge in [0, 0.05) is 23.8 Å². The first-order chi connectivity index (χ1) is 12.1. The van der Waals surface area contributed by atoms with E-state index in [2.05, 4.69) is 16.0 Å². The molecule has 0 saturated heterocycles. The average Bonchev–Trinajstić information content (AvgIpc) is 3.26. The normalized spacial score (nSPS) is 17.0. The lowest BCUT2D eigenvalue weighted by molar-refractivity contribution is -0.123. The first-order valence-corrected chi connectivity index (χ1v) is 8.82. The van der Waals surface area contributed by atoms with Crippen LogP contribution in [0.15, 0.2) is 18.2 Å². The summed E-state index contributed by atoms with van der Waals surface area (Å²) in [6, 6.07) is 5.43. The number of methoxy groups -OCH3 is 1. The van der Waals surface area contributed by atoms with E-state index >= 15 is 0 Å². The molecule has 7 nitrogen and oxygen atoms in total. The highest BCUT2D eigenvalue weighted by Gasteiger charge is 2.23. The Balaban J connectivity index is 1.56. The van der Waals surface area contributed by atoms with Crippen molar-refractivity contribution in [2.75, 3.05) is 19.0 Å².